The van der Waals surface area contributed by atoms with Crippen molar-refractivity contribution in [1.29, 1.82) is 0 Å². The Labute approximate surface area is 95.5 Å². The van der Waals surface area contributed by atoms with E-state index < -0.39 is 0 Å². The van der Waals surface area contributed by atoms with Gasteiger partial charge in [0.1, 0.15) is 5.82 Å². The lowest BCUT2D eigenvalue weighted by molar-refractivity contribution is 0.444. The molecule has 0 amide bonds. The molecule has 0 saturated carbocycles. The van der Waals surface area contributed by atoms with Crippen molar-refractivity contribution >= 4 is 17.4 Å². The number of rotatable bonds is 1. The molecule has 1 unspecified atom stereocenters. The number of piperidine rings is 1. The van der Waals surface area contributed by atoms with Gasteiger partial charge in [0.25, 0.3) is 0 Å². The van der Waals surface area contributed by atoms with Gasteiger partial charge in [0, 0.05) is 24.8 Å². The molecule has 3 nitrogen and oxygen atoms in total. The molecule has 0 aromatic carbocycles. The van der Waals surface area contributed by atoms with E-state index in [0.717, 1.165) is 30.4 Å². The molecule has 15 heavy (non-hydrogen) atoms. The second kappa shape index (κ2) is 4.35. The predicted molar refractivity (Wildman–Crippen MR) is 62.4 cm³/mol. The molecule has 0 spiro atoms. The van der Waals surface area contributed by atoms with E-state index in [4.69, 9.17) is 11.6 Å². The summed E-state index contributed by atoms with van der Waals surface area (Å²) in [5, 5.41) is 0.342. The topological polar surface area (TPSA) is 29.0 Å². The molecule has 4 heteroatoms. The maximum absolute atomic E-state index is 5.82. The van der Waals surface area contributed by atoms with Crippen LogP contribution in [0.5, 0.6) is 0 Å². The van der Waals surface area contributed by atoms with Crippen LogP contribution in [0.1, 0.15) is 25.3 Å². The first-order valence-electron chi connectivity index (χ1n) is 5.41. The Morgan fingerprint density at radius 2 is 2.33 bits per heavy atom. The zero-order valence-corrected chi connectivity index (χ0v) is 9.96. The Morgan fingerprint density at radius 1 is 1.53 bits per heavy atom. The molecule has 1 aromatic rings. The first-order valence-corrected chi connectivity index (χ1v) is 5.78. The summed E-state index contributed by atoms with van der Waals surface area (Å²) in [6.07, 6.45) is 4.35. The summed E-state index contributed by atoms with van der Waals surface area (Å²) in [6, 6.07) is 0. The average Bonchev–Trinajstić information content (AvgIpc) is 2.22. The molecular weight excluding hydrogens is 210 g/mol. The summed E-state index contributed by atoms with van der Waals surface area (Å²) >= 11 is 5.82. The van der Waals surface area contributed by atoms with Gasteiger partial charge in [-0.15, -0.1) is 0 Å². The summed E-state index contributed by atoms with van der Waals surface area (Å²) < 4.78 is 0. The second-order valence-electron chi connectivity index (χ2n) is 4.34. The number of aromatic nitrogens is 2. The molecule has 2 rings (SSSR count). The molecule has 82 valence electrons. The van der Waals surface area contributed by atoms with E-state index in [2.05, 4.69) is 21.8 Å². The molecule has 0 bridgehead atoms. The van der Waals surface area contributed by atoms with E-state index in [1.165, 1.54) is 12.8 Å². The van der Waals surface area contributed by atoms with E-state index in [-0.39, 0.29) is 0 Å². The Balaban J connectivity index is 2.24. The fourth-order valence-electron chi connectivity index (χ4n) is 2.11. The van der Waals surface area contributed by atoms with Crippen molar-refractivity contribution < 1.29 is 0 Å². The third-order valence-electron chi connectivity index (χ3n) is 2.87. The van der Waals surface area contributed by atoms with Crippen LogP contribution in [-0.2, 0) is 0 Å². The SMILES string of the molecule is Cc1cnc(Cl)nc1N1CCCC(C)C1. The van der Waals surface area contributed by atoms with Gasteiger partial charge in [-0.25, -0.2) is 9.97 Å². The standard InChI is InChI=1S/C11H16ClN3/c1-8-4-3-5-15(7-8)10-9(2)6-13-11(12)14-10/h6,8H,3-5,7H2,1-2H3. The molecule has 1 aliphatic heterocycles. The van der Waals surface area contributed by atoms with E-state index in [0.29, 0.717) is 5.28 Å². The summed E-state index contributed by atoms with van der Waals surface area (Å²) in [6.45, 7) is 6.47. The van der Waals surface area contributed by atoms with Crippen LogP contribution in [0.25, 0.3) is 0 Å². The average molecular weight is 226 g/mol. The van der Waals surface area contributed by atoms with Gasteiger partial charge in [0.15, 0.2) is 0 Å². The highest BCUT2D eigenvalue weighted by atomic mass is 35.5. The number of hydrogen-bond acceptors (Lipinski definition) is 3. The lowest BCUT2D eigenvalue weighted by atomic mass is 10.0. The zero-order valence-electron chi connectivity index (χ0n) is 9.20. The van der Waals surface area contributed by atoms with E-state index in [1.807, 2.05) is 6.92 Å². The molecule has 0 N–H and O–H groups in total. The first kappa shape index (κ1) is 10.7. The monoisotopic (exact) mass is 225 g/mol. The van der Waals surface area contributed by atoms with Crippen molar-refractivity contribution in [3.63, 3.8) is 0 Å². The molecule has 0 aliphatic carbocycles. The zero-order chi connectivity index (χ0) is 10.8. The van der Waals surface area contributed by atoms with Crippen molar-refractivity contribution in [2.45, 2.75) is 26.7 Å². The van der Waals surface area contributed by atoms with Crippen LogP contribution in [-0.4, -0.2) is 23.1 Å². The van der Waals surface area contributed by atoms with Gasteiger partial charge >= 0.3 is 0 Å². The Kier molecular flexibility index (Phi) is 3.10. The van der Waals surface area contributed by atoms with Crippen LogP contribution in [0, 0.1) is 12.8 Å². The highest BCUT2D eigenvalue weighted by molar-refractivity contribution is 6.28. The number of anilines is 1. The molecule has 1 aliphatic rings. The van der Waals surface area contributed by atoms with Crippen LogP contribution in [0.15, 0.2) is 6.20 Å². The minimum Gasteiger partial charge on any atom is -0.356 e. The van der Waals surface area contributed by atoms with Gasteiger partial charge in [0.2, 0.25) is 5.28 Å². The summed E-state index contributed by atoms with van der Waals surface area (Å²) in [7, 11) is 0. The van der Waals surface area contributed by atoms with Crippen molar-refractivity contribution in [2.75, 3.05) is 18.0 Å². The van der Waals surface area contributed by atoms with Gasteiger partial charge in [-0.05, 0) is 37.3 Å². The fourth-order valence-corrected chi connectivity index (χ4v) is 2.24. The lowest BCUT2D eigenvalue weighted by Crippen LogP contribution is -2.35. The largest absolute Gasteiger partial charge is 0.356 e. The van der Waals surface area contributed by atoms with E-state index in [1.54, 1.807) is 6.20 Å². The molecular formula is C11H16ClN3. The van der Waals surface area contributed by atoms with Crippen LogP contribution in [0.3, 0.4) is 0 Å². The quantitative estimate of drug-likeness (QED) is 0.689. The van der Waals surface area contributed by atoms with Gasteiger partial charge in [0.05, 0.1) is 0 Å². The third kappa shape index (κ3) is 2.40. The van der Waals surface area contributed by atoms with Crippen LogP contribution in [0.2, 0.25) is 5.28 Å². The highest BCUT2D eigenvalue weighted by Gasteiger charge is 2.19. The van der Waals surface area contributed by atoms with Crippen molar-refractivity contribution in [1.82, 2.24) is 9.97 Å². The minimum atomic E-state index is 0.342. The number of aryl methyl sites for hydroxylation is 1. The third-order valence-corrected chi connectivity index (χ3v) is 3.05. The molecule has 0 radical (unpaired) electrons. The lowest BCUT2D eigenvalue weighted by Gasteiger charge is -2.32. The van der Waals surface area contributed by atoms with Gasteiger partial charge in [-0.2, -0.15) is 0 Å². The van der Waals surface area contributed by atoms with Crippen molar-refractivity contribution in [2.24, 2.45) is 5.92 Å². The minimum absolute atomic E-state index is 0.342. The Bertz CT molecular complexity index is 354. The number of nitrogens with zero attached hydrogens (tertiary/aromatic N) is 3. The maximum Gasteiger partial charge on any atom is 0.224 e. The number of halogens is 1. The summed E-state index contributed by atoms with van der Waals surface area (Å²) in [5.74, 6) is 1.74. The van der Waals surface area contributed by atoms with Crippen LogP contribution >= 0.6 is 11.6 Å². The van der Waals surface area contributed by atoms with Gasteiger partial charge < -0.3 is 4.90 Å². The molecule has 1 atom stereocenters. The normalized spacial score (nSPS) is 21.8. The number of hydrogen-bond donors (Lipinski definition) is 0. The van der Waals surface area contributed by atoms with E-state index >= 15 is 0 Å². The van der Waals surface area contributed by atoms with E-state index in [9.17, 15) is 0 Å². The van der Waals surface area contributed by atoms with Crippen molar-refractivity contribution in [3.05, 3.63) is 17.0 Å². The fraction of sp³-hybridized carbons (Fsp3) is 0.636. The maximum atomic E-state index is 5.82. The molecule has 1 fully saturated rings. The Morgan fingerprint density at radius 3 is 3.07 bits per heavy atom. The highest BCUT2D eigenvalue weighted by Crippen LogP contribution is 2.24. The first-order chi connectivity index (χ1) is 7.16. The van der Waals surface area contributed by atoms with Crippen LogP contribution < -0.4 is 4.90 Å². The summed E-state index contributed by atoms with van der Waals surface area (Å²) in [5.41, 5.74) is 1.11. The molecule has 1 saturated heterocycles. The summed E-state index contributed by atoms with van der Waals surface area (Å²) in [4.78, 5) is 10.6. The van der Waals surface area contributed by atoms with Crippen molar-refractivity contribution in [3.8, 4) is 0 Å². The van der Waals surface area contributed by atoms with Crippen LogP contribution in [0.4, 0.5) is 5.82 Å². The Hall–Kier alpha value is -0.830. The molecule has 2 heterocycles. The van der Waals surface area contributed by atoms with Gasteiger partial charge in [-0.1, -0.05) is 6.92 Å². The molecule has 1 aromatic heterocycles. The predicted octanol–water partition coefficient (Wildman–Crippen LogP) is 2.67. The second-order valence-corrected chi connectivity index (χ2v) is 4.68. The smallest absolute Gasteiger partial charge is 0.224 e. The van der Waals surface area contributed by atoms with Gasteiger partial charge in [-0.3, -0.25) is 0 Å².